The molecule has 0 radical (unpaired) electrons. The van der Waals surface area contributed by atoms with Gasteiger partial charge in [0.25, 0.3) is 0 Å². The second kappa shape index (κ2) is 19.8. The average Bonchev–Trinajstić information content (AvgIpc) is 3.66. The number of hydrogen-bond acceptors (Lipinski definition) is 3. The van der Waals surface area contributed by atoms with Gasteiger partial charge in [-0.2, -0.15) is 5.26 Å². The number of aliphatic carboxylic acids is 1. The normalized spacial score (nSPS) is 15.9. The smallest absolute Gasteiger partial charge is 0.331 e. The van der Waals surface area contributed by atoms with Gasteiger partial charge in [0.2, 0.25) is 0 Å². The van der Waals surface area contributed by atoms with Crippen LogP contribution in [0.2, 0.25) is 0 Å². The predicted molar refractivity (Wildman–Crippen MR) is 158 cm³/mol. The first-order valence-corrected chi connectivity index (χ1v) is 13.8. The van der Waals surface area contributed by atoms with Crippen molar-refractivity contribution in [3.05, 3.63) is 88.3 Å². The van der Waals surface area contributed by atoms with Crippen molar-refractivity contribution in [3.8, 4) is 6.07 Å². The van der Waals surface area contributed by atoms with Crippen LogP contribution in [0.3, 0.4) is 0 Å². The zero-order valence-corrected chi connectivity index (χ0v) is 24.6. The Hall–Kier alpha value is -3.23. The zero-order chi connectivity index (χ0) is 29.1. The summed E-state index contributed by atoms with van der Waals surface area (Å²) in [5.74, 6) is -1.56. The average molecular weight is 523 g/mol. The molecule has 2 unspecified atom stereocenters. The molecule has 2 aromatic rings. The maximum absolute atomic E-state index is 13.7. The summed E-state index contributed by atoms with van der Waals surface area (Å²) in [5, 5.41) is 17.9. The molecule has 3 rings (SSSR count). The van der Waals surface area contributed by atoms with Gasteiger partial charge in [-0.05, 0) is 61.7 Å². The minimum absolute atomic E-state index is 0.0226. The van der Waals surface area contributed by atoms with Gasteiger partial charge in [-0.1, -0.05) is 103 Å². The zero-order valence-electron chi connectivity index (χ0n) is 24.6. The third-order valence-corrected chi connectivity index (χ3v) is 5.79. The molecule has 2 aromatic carbocycles. The Kier molecular flexibility index (Phi) is 18.1. The maximum atomic E-state index is 13.7. The Bertz CT molecular complexity index is 1060. The van der Waals surface area contributed by atoms with Gasteiger partial charge in [-0.15, -0.1) is 0 Å². The molecule has 2 atom stereocenters. The number of likely N-dealkylation sites (N-methyl/N-ethyl adjacent to an activating group) is 1. The van der Waals surface area contributed by atoms with Crippen molar-refractivity contribution in [3.63, 3.8) is 0 Å². The van der Waals surface area contributed by atoms with Gasteiger partial charge < -0.3 is 5.11 Å². The van der Waals surface area contributed by atoms with E-state index in [0.717, 1.165) is 6.42 Å². The Morgan fingerprint density at radius 2 is 1.66 bits per heavy atom. The Morgan fingerprint density at radius 3 is 2.05 bits per heavy atom. The molecule has 0 spiro atoms. The van der Waals surface area contributed by atoms with Crippen LogP contribution >= 0.6 is 0 Å². The second-order valence-corrected chi connectivity index (χ2v) is 8.96. The summed E-state index contributed by atoms with van der Waals surface area (Å²) in [6, 6.07) is 15.6. The summed E-state index contributed by atoms with van der Waals surface area (Å²) in [6.45, 7) is 15.5. The summed E-state index contributed by atoms with van der Waals surface area (Å²) in [6.07, 6.45) is 7.94. The van der Waals surface area contributed by atoms with Crippen LogP contribution in [0.25, 0.3) is 5.57 Å². The van der Waals surface area contributed by atoms with Gasteiger partial charge in [0.15, 0.2) is 0 Å². The number of halogens is 1. The van der Waals surface area contributed by atoms with E-state index in [4.69, 9.17) is 5.26 Å². The topological polar surface area (TPSA) is 64.1 Å². The summed E-state index contributed by atoms with van der Waals surface area (Å²) >= 11 is 0. The van der Waals surface area contributed by atoms with E-state index in [1.165, 1.54) is 42.6 Å². The number of carboxylic acids is 1. The number of aryl methyl sites for hydroxylation is 1. The molecule has 1 fully saturated rings. The molecule has 1 aliphatic heterocycles. The van der Waals surface area contributed by atoms with E-state index >= 15 is 0 Å². The first kappa shape index (κ1) is 34.8. The van der Waals surface area contributed by atoms with Crippen molar-refractivity contribution in [2.24, 2.45) is 0 Å². The van der Waals surface area contributed by atoms with Crippen LogP contribution in [-0.2, 0) is 4.79 Å². The first-order valence-electron chi connectivity index (χ1n) is 13.8. The number of benzene rings is 2. The molecule has 0 aliphatic carbocycles. The van der Waals surface area contributed by atoms with Gasteiger partial charge in [0.1, 0.15) is 11.9 Å². The molecule has 1 aliphatic rings. The van der Waals surface area contributed by atoms with E-state index in [2.05, 4.69) is 57.0 Å². The molecule has 1 heterocycles. The van der Waals surface area contributed by atoms with Crippen molar-refractivity contribution in [1.29, 1.82) is 5.26 Å². The van der Waals surface area contributed by atoms with Crippen molar-refractivity contribution in [1.82, 2.24) is 4.90 Å². The van der Waals surface area contributed by atoms with E-state index < -0.39 is 11.8 Å². The summed E-state index contributed by atoms with van der Waals surface area (Å²) in [7, 11) is 2.16. The summed E-state index contributed by atoms with van der Waals surface area (Å²) in [5.41, 5.74) is 4.30. The van der Waals surface area contributed by atoms with Crippen LogP contribution in [-0.4, -0.2) is 29.6 Å². The molecule has 4 nitrogen and oxygen atoms in total. The second-order valence-electron chi connectivity index (χ2n) is 8.96. The fourth-order valence-electron chi connectivity index (χ4n) is 3.34. The molecule has 0 saturated carbocycles. The van der Waals surface area contributed by atoms with E-state index in [0.29, 0.717) is 35.6 Å². The highest BCUT2D eigenvalue weighted by molar-refractivity contribution is 5.91. The van der Waals surface area contributed by atoms with Crippen molar-refractivity contribution in [2.75, 3.05) is 13.6 Å². The van der Waals surface area contributed by atoms with Gasteiger partial charge in [-0.3, -0.25) is 4.90 Å². The molecular weight excluding hydrogens is 475 g/mol. The number of nitrogens with zero attached hydrogens (tertiary/aromatic N) is 2. The van der Waals surface area contributed by atoms with Crippen molar-refractivity contribution < 1.29 is 14.3 Å². The van der Waals surface area contributed by atoms with Crippen LogP contribution in [0.15, 0.2) is 60.2 Å². The van der Waals surface area contributed by atoms with Crippen LogP contribution in [0.4, 0.5) is 4.39 Å². The quantitative estimate of drug-likeness (QED) is 0.213. The molecule has 0 amide bonds. The number of hydrogen-bond donors (Lipinski definition) is 1. The van der Waals surface area contributed by atoms with Crippen LogP contribution in [0, 0.1) is 24.1 Å². The highest BCUT2D eigenvalue weighted by atomic mass is 19.1. The lowest BCUT2D eigenvalue weighted by Gasteiger charge is -2.07. The van der Waals surface area contributed by atoms with Crippen molar-refractivity contribution in [2.45, 2.75) is 86.6 Å². The number of nitriles is 1. The lowest BCUT2D eigenvalue weighted by atomic mass is 9.99. The monoisotopic (exact) mass is 522 g/mol. The number of carbonyl (C=O) groups is 1. The molecule has 38 heavy (non-hydrogen) atoms. The lowest BCUT2D eigenvalue weighted by Crippen LogP contribution is -2.01. The number of unbranched alkanes of at least 4 members (excludes halogenated alkanes) is 1. The van der Waals surface area contributed by atoms with E-state index in [9.17, 15) is 14.3 Å². The standard InChI is InChI=1S/C17H18FNO2.C10H13N.C4H10.C2H6/c1-3-5-12(9-14(6-4-2)17(20)21)13-7-8-15(11-19)16(18)10-13;1-8-3-5-9(6-4-8)10-7-11(10)2;1-3-4-2;1-2/h5,7-10H,3-4,6H2,1-2H3,(H,20,21);3-6,10H,7H2,1-2H3;3-4H2,1-2H3;1-2H3/b12-5-,14-9+;;;. The van der Waals surface area contributed by atoms with Crippen LogP contribution in [0.1, 0.15) is 102 Å². The summed E-state index contributed by atoms with van der Waals surface area (Å²) < 4.78 is 13.7. The third kappa shape index (κ3) is 12.8. The highest BCUT2D eigenvalue weighted by Crippen LogP contribution is 2.32. The largest absolute Gasteiger partial charge is 0.478 e. The summed E-state index contributed by atoms with van der Waals surface area (Å²) in [4.78, 5) is 13.6. The van der Waals surface area contributed by atoms with Crippen LogP contribution < -0.4 is 0 Å². The highest BCUT2D eigenvalue weighted by Gasteiger charge is 2.30. The Morgan fingerprint density at radius 1 is 1.08 bits per heavy atom. The van der Waals surface area contributed by atoms with Gasteiger partial charge in [-0.25, -0.2) is 9.18 Å². The van der Waals surface area contributed by atoms with Crippen molar-refractivity contribution >= 4 is 11.5 Å². The predicted octanol–water partition coefficient (Wildman–Crippen LogP) is 9.12. The SMILES string of the molecule is CC.CC/C=C(/C=C(\CCC)C(=O)O)c1ccc(C#N)c(F)c1.CCCC.Cc1ccc(C2CN2C)cc1. The van der Waals surface area contributed by atoms with E-state index in [1.807, 2.05) is 33.8 Å². The molecule has 0 aromatic heterocycles. The molecule has 208 valence electrons. The first-order chi connectivity index (χ1) is 18.2. The molecule has 0 bridgehead atoms. The van der Waals surface area contributed by atoms with Gasteiger partial charge in [0, 0.05) is 18.2 Å². The molecule has 1 N–H and O–H groups in total. The number of carboxylic acid groups (broad SMARTS) is 1. The van der Waals surface area contributed by atoms with Crippen LogP contribution in [0.5, 0.6) is 0 Å². The third-order valence-electron chi connectivity index (χ3n) is 5.79. The number of allylic oxidation sites excluding steroid dienone is 3. The minimum Gasteiger partial charge on any atom is -0.478 e. The molecular formula is C33H47FN2O2. The molecule has 1 saturated heterocycles. The fraction of sp³-hybridized carbons (Fsp3) is 0.455. The fourth-order valence-corrected chi connectivity index (χ4v) is 3.34. The van der Waals surface area contributed by atoms with E-state index in [-0.39, 0.29) is 5.56 Å². The Labute approximate surface area is 230 Å². The molecule has 5 heteroatoms. The lowest BCUT2D eigenvalue weighted by molar-refractivity contribution is -0.132. The maximum Gasteiger partial charge on any atom is 0.331 e. The minimum atomic E-state index is -0.965. The van der Waals surface area contributed by atoms with E-state index in [1.54, 1.807) is 18.2 Å². The van der Waals surface area contributed by atoms with Gasteiger partial charge in [0.05, 0.1) is 5.56 Å². The Balaban J connectivity index is 0.000000664. The van der Waals surface area contributed by atoms with Gasteiger partial charge >= 0.3 is 5.97 Å². The number of rotatable bonds is 8.